The summed E-state index contributed by atoms with van der Waals surface area (Å²) in [5.74, 6) is 0. The fourth-order valence-corrected chi connectivity index (χ4v) is 3.37. The third-order valence-corrected chi connectivity index (χ3v) is 5.37. The van der Waals surface area contributed by atoms with Crippen LogP contribution < -0.4 is 10.6 Å². The molecule has 0 atom stereocenters. The molecule has 0 fully saturated rings. The number of aromatic nitrogens is 2. The number of hydrogen-bond donors (Lipinski definition) is 2. The summed E-state index contributed by atoms with van der Waals surface area (Å²) in [6.45, 7) is 4.02. The number of nitrogens with zero attached hydrogens (tertiary/aromatic N) is 2. The highest BCUT2D eigenvalue weighted by Gasteiger charge is 2.10. The predicted molar refractivity (Wildman–Crippen MR) is 108 cm³/mol. The molecular formula is C18H16Cl2N4OS. The molecule has 134 valence electrons. The normalized spacial score (nSPS) is 10.6. The molecule has 0 spiro atoms. The molecule has 0 bridgehead atoms. The van der Waals surface area contributed by atoms with E-state index in [9.17, 15) is 4.79 Å². The van der Waals surface area contributed by atoms with Gasteiger partial charge in [-0.1, -0.05) is 46.7 Å². The molecule has 2 N–H and O–H groups in total. The van der Waals surface area contributed by atoms with Crippen molar-refractivity contribution in [3.8, 4) is 0 Å². The largest absolute Gasteiger partial charge is 0.325 e. The van der Waals surface area contributed by atoms with Crippen molar-refractivity contribution in [1.29, 1.82) is 0 Å². The molecule has 0 saturated carbocycles. The molecule has 0 aliphatic rings. The van der Waals surface area contributed by atoms with Crippen molar-refractivity contribution >= 4 is 51.4 Å². The number of aryl methyl sites for hydroxylation is 2. The lowest BCUT2D eigenvalue weighted by molar-refractivity contribution is 0.262. The Morgan fingerprint density at radius 2 is 1.81 bits per heavy atom. The number of hydrogen-bond acceptors (Lipinski definition) is 4. The first-order valence-corrected chi connectivity index (χ1v) is 9.39. The number of amides is 2. The fraction of sp³-hybridized carbons (Fsp3) is 0.167. The quantitative estimate of drug-likeness (QED) is 0.583. The van der Waals surface area contributed by atoms with Gasteiger partial charge in [-0.05, 0) is 54.8 Å². The van der Waals surface area contributed by atoms with Gasteiger partial charge in [-0.15, -0.1) is 10.2 Å². The molecule has 2 amide bonds. The molecule has 0 radical (unpaired) electrons. The van der Waals surface area contributed by atoms with Gasteiger partial charge in [-0.2, -0.15) is 0 Å². The third kappa shape index (κ3) is 4.72. The Balaban J connectivity index is 1.61. The minimum absolute atomic E-state index is 0.356. The van der Waals surface area contributed by atoms with Gasteiger partial charge in [-0.3, -0.25) is 5.32 Å². The Labute approximate surface area is 165 Å². The van der Waals surface area contributed by atoms with Crippen LogP contribution >= 0.6 is 34.5 Å². The summed E-state index contributed by atoms with van der Waals surface area (Å²) >= 11 is 13.3. The van der Waals surface area contributed by atoms with Crippen LogP contribution in [-0.4, -0.2) is 16.2 Å². The van der Waals surface area contributed by atoms with Crippen molar-refractivity contribution in [2.75, 3.05) is 10.6 Å². The van der Waals surface area contributed by atoms with Gasteiger partial charge in [0.1, 0.15) is 5.01 Å². The molecule has 0 aliphatic heterocycles. The maximum atomic E-state index is 12.1. The van der Waals surface area contributed by atoms with Crippen molar-refractivity contribution < 1.29 is 4.79 Å². The summed E-state index contributed by atoms with van der Waals surface area (Å²) < 4.78 is 0. The van der Waals surface area contributed by atoms with E-state index in [1.54, 1.807) is 12.1 Å². The first kappa shape index (κ1) is 18.6. The number of carbonyl (C=O) groups is 1. The van der Waals surface area contributed by atoms with Crippen molar-refractivity contribution in [2.24, 2.45) is 0 Å². The van der Waals surface area contributed by atoms with Crippen LogP contribution in [0.4, 0.5) is 15.6 Å². The molecule has 0 unspecified atom stereocenters. The monoisotopic (exact) mass is 406 g/mol. The maximum absolute atomic E-state index is 12.1. The molecule has 26 heavy (non-hydrogen) atoms. The molecule has 8 heteroatoms. The Morgan fingerprint density at radius 3 is 2.54 bits per heavy atom. The van der Waals surface area contributed by atoms with E-state index in [4.69, 9.17) is 23.2 Å². The van der Waals surface area contributed by atoms with Crippen LogP contribution in [0.25, 0.3) is 0 Å². The lowest BCUT2D eigenvalue weighted by atomic mass is 10.1. The van der Waals surface area contributed by atoms with Gasteiger partial charge < -0.3 is 5.32 Å². The number of benzene rings is 2. The van der Waals surface area contributed by atoms with Crippen LogP contribution in [0.15, 0.2) is 36.4 Å². The highest BCUT2D eigenvalue weighted by molar-refractivity contribution is 7.15. The predicted octanol–water partition coefficient (Wildman–Crippen LogP) is 5.70. The zero-order chi connectivity index (χ0) is 18.7. The van der Waals surface area contributed by atoms with Crippen molar-refractivity contribution in [3.63, 3.8) is 0 Å². The van der Waals surface area contributed by atoms with E-state index >= 15 is 0 Å². The number of urea groups is 1. The minimum atomic E-state index is -0.356. The standard InChI is InChI=1S/C18H16Cl2N4OS/c1-10-3-5-13(7-11(10)2)21-17(25)22-18-24-23-16(26-18)9-12-4-6-14(19)15(20)8-12/h3-8H,9H2,1-2H3,(H2,21,22,24,25). The number of halogens is 2. The summed E-state index contributed by atoms with van der Waals surface area (Å²) in [4.78, 5) is 12.1. The van der Waals surface area contributed by atoms with Crippen LogP contribution in [0.1, 0.15) is 21.7 Å². The zero-order valence-corrected chi connectivity index (χ0v) is 16.5. The smallest absolute Gasteiger partial charge is 0.308 e. The Morgan fingerprint density at radius 1 is 1.00 bits per heavy atom. The van der Waals surface area contributed by atoms with Gasteiger partial charge in [0.05, 0.1) is 10.0 Å². The lowest BCUT2D eigenvalue weighted by Gasteiger charge is -2.07. The average Bonchev–Trinajstić information content (AvgIpc) is 3.01. The number of anilines is 2. The molecule has 3 rings (SSSR count). The average molecular weight is 407 g/mol. The van der Waals surface area contributed by atoms with Gasteiger partial charge in [0, 0.05) is 12.1 Å². The molecule has 2 aromatic carbocycles. The molecule has 1 heterocycles. The molecular weight excluding hydrogens is 391 g/mol. The van der Waals surface area contributed by atoms with Gasteiger partial charge in [0.25, 0.3) is 0 Å². The second-order valence-corrected chi connectivity index (χ2v) is 7.68. The summed E-state index contributed by atoms with van der Waals surface area (Å²) in [7, 11) is 0. The zero-order valence-electron chi connectivity index (χ0n) is 14.1. The van der Waals surface area contributed by atoms with E-state index in [1.807, 2.05) is 38.1 Å². The topological polar surface area (TPSA) is 66.9 Å². The first-order valence-electron chi connectivity index (χ1n) is 7.82. The number of nitrogens with one attached hydrogen (secondary N) is 2. The SMILES string of the molecule is Cc1ccc(NC(=O)Nc2nnc(Cc3ccc(Cl)c(Cl)c3)s2)cc1C. The fourth-order valence-electron chi connectivity index (χ4n) is 2.28. The highest BCUT2D eigenvalue weighted by atomic mass is 35.5. The summed E-state index contributed by atoms with van der Waals surface area (Å²) in [6.07, 6.45) is 0.564. The van der Waals surface area contributed by atoms with Gasteiger partial charge in [0.2, 0.25) is 5.13 Å². The summed E-state index contributed by atoms with van der Waals surface area (Å²) in [5, 5.41) is 15.8. The molecule has 3 aromatic rings. The second-order valence-electron chi connectivity index (χ2n) is 5.80. The third-order valence-electron chi connectivity index (χ3n) is 3.79. The number of rotatable bonds is 4. The maximum Gasteiger partial charge on any atom is 0.325 e. The first-order chi connectivity index (χ1) is 12.4. The lowest BCUT2D eigenvalue weighted by Crippen LogP contribution is -2.19. The van der Waals surface area contributed by atoms with Gasteiger partial charge in [-0.25, -0.2) is 4.79 Å². The van der Waals surface area contributed by atoms with E-state index in [-0.39, 0.29) is 6.03 Å². The van der Waals surface area contributed by atoms with Crippen molar-refractivity contribution in [1.82, 2.24) is 10.2 Å². The van der Waals surface area contributed by atoms with E-state index < -0.39 is 0 Å². The van der Waals surface area contributed by atoms with Crippen LogP contribution in [0.3, 0.4) is 0 Å². The van der Waals surface area contributed by atoms with Crippen LogP contribution in [0.2, 0.25) is 10.0 Å². The van der Waals surface area contributed by atoms with Gasteiger partial charge >= 0.3 is 6.03 Å². The molecule has 0 saturated heterocycles. The molecule has 0 aliphatic carbocycles. The summed E-state index contributed by atoms with van der Waals surface area (Å²) in [6, 6.07) is 10.8. The Bertz CT molecular complexity index is 958. The van der Waals surface area contributed by atoms with Gasteiger partial charge in [0.15, 0.2) is 0 Å². The van der Waals surface area contributed by atoms with E-state index in [2.05, 4.69) is 20.8 Å². The summed E-state index contributed by atoms with van der Waals surface area (Å²) in [5.41, 5.74) is 3.99. The van der Waals surface area contributed by atoms with E-state index in [1.165, 1.54) is 16.9 Å². The number of carbonyl (C=O) groups excluding carboxylic acids is 1. The van der Waals surface area contributed by atoms with Crippen molar-refractivity contribution in [3.05, 3.63) is 68.1 Å². The van der Waals surface area contributed by atoms with Crippen LogP contribution in [0.5, 0.6) is 0 Å². The van der Waals surface area contributed by atoms with E-state index in [0.29, 0.717) is 21.6 Å². The Hall–Kier alpha value is -2.15. The molecule has 1 aromatic heterocycles. The second kappa shape index (κ2) is 8.03. The Kier molecular flexibility index (Phi) is 5.76. The highest BCUT2D eigenvalue weighted by Crippen LogP contribution is 2.25. The van der Waals surface area contributed by atoms with E-state index in [0.717, 1.165) is 21.8 Å². The molecule has 5 nitrogen and oxygen atoms in total. The van der Waals surface area contributed by atoms with Crippen LogP contribution in [-0.2, 0) is 6.42 Å². The van der Waals surface area contributed by atoms with Crippen molar-refractivity contribution in [2.45, 2.75) is 20.3 Å². The van der Waals surface area contributed by atoms with Crippen LogP contribution in [0, 0.1) is 13.8 Å². The minimum Gasteiger partial charge on any atom is -0.308 e.